The third-order valence-corrected chi connectivity index (χ3v) is 3.96. The fourth-order valence-corrected chi connectivity index (χ4v) is 2.91. The van der Waals surface area contributed by atoms with E-state index in [1.54, 1.807) is 12.1 Å². The maximum atomic E-state index is 12.1. The minimum atomic E-state index is -0.435. The number of carbonyl (C=O) groups excluding carboxylic acids is 2. The lowest BCUT2D eigenvalue weighted by molar-refractivity contribution is -0.128. The number of fused-ring (bicyclic) bond motifs is 2. The highest BCUT2D eigenvalue weighted by Crippen LogP contribution is 2.40. The fraction of sp³-hybridized carbons (Fsp3) is 0.429. The van der Waals surface area contributed by atoms with Crippen LogP contribution in [0.4, 0.5) is 0 Å². The molecule has 5 heteroatoms. The van der Waals surface area contributed by atoms with Crippen molar-refractivity contribution in [2.24, 2.45) is 17.8 Å². The Morgan fingerprint density at radius 1 is 1.21 bits per heavy atom. The van der Waals surface area contributed by atoms with Crippen LogP contribution in [0, 0.1) is 17.8 Å². The van der Waals surface area contributed by atoms with Gasteiger partial charge in [-0.15, -0.1) is 0 Å². The van der Waals surface area contributed by atoms with Gasteiger partial charge >= 0.3 is 5.91 Å². The van der Waals surface area contributed by atoms with Crippen LogP contribution in [-0.2, 0) is 4.79 Å². The molecule has 1 aromatic rings. The summed E-state index contributed by atoms with van der Waals surface area (Å²) in [6.45, 7) is 0. The third kappa shape index (κ3) is 2.41. The van der Waals surface area contributed by atoms with Crippen molar-refractivity contribution in [1.29, 1.82) is 0 Å². The highest BCUT2D eigenvalue weighted by atomic mass is 16.3. The van der Waals surface area contributed by atoms with Crippen LogP contribution in [0.5, 0.6) is 0 Å². The summed E-state index contributed by atoms with van der Waals surface area (Å²) < 4.78 is 4.95. The molecule has 1 heterocycles. The van der Waals surface area contributed by atoms with Gasteiger partial charge in [0.05, 0.1) is 6.26 Å². The highest BCUT2D eigenvalue weighted by Gasteiger charge is 2.36. The quantitative estimate of drug-likeness (QED) is 0.627. The Hall–Kier alpha value is -2.04. The van der Waals surface area contributed by atoms with Crippen molar-refractivity contribution in [2.45, 2.75) is 19.3 Å². The minimum Gasteiger partial charge on any atom is -0.459 e. The van der Waals surface area contributed by atoms with Crippen LogP contribution in [0.15, 0.2) is 35.0 Å². The average molecular weight is 260 g/mol. The van der Waals surface area contributed by atoms with Gasteiger partial charge in [-0.05, 0) is 43.2 Å². The zero-order valence-electron chi connectivity index (χ0n) is 10.5. The van der Waals surface area contributed by atoms with E-state index in [-0.39, 0.29) is 17.6 Å². The summed E-state index contributed by atoms with van der Waals surface area (Å²) in [5, 5.41) is 0. The van der Waals surface area contributed by atoms with E-state index >= 15 is 0 Å². The van der Waals surface area contributed by atoms with Crippen molar-refractivity contribution in [2.75, 3.05) is 0 Å². The molecular weight excluding hydrogens is 244 g/mol. The Morgan fingerprint density at radius 3 is 2.68 bits per heavy atom. The first kappa shape index (κ1) is 12.0. The summed E-state index contributed by atoms with van der Waals surface area (Å²) in [4.78, 5) is 23.7. The van der Waals surface area contributed by atoms with Crippen LogP contribution >= 0.6 is 0 Å². The van der Waals surface area contributed by atoms with Crippen LogP contribution in [0.25, 0.3) is 0 Å². The van der Waals surface area contributed by atoms with Crippen molar-refractivity contribution in [1.82, 2.24) is 10.9 Å². The topological polar surface area (TPSA) is 71.3 Å². The zero-order valence-corrected chi connectivity index (χ0v) is 10.5. The number of furan rings is 1. The van der Waals surface area contributed by atoms with Gasteiger partial charge in [0.1, 0.15) is 0 Å². The van der Waals surface area contributed by atoms with E-state index in [9.17, 15) is 9.59 Å². The summed E-state index contributed by atoms with van der Waals surface area (Å²) in [5.74, 6) is 0.437. The van der Waals surface area contributed by atoms with E-state index in [4.69, 9.17) is 4.42 Å². The number of amides is 2. The maximum absolute atomic E-state index is 12.1. The standard InChI is InChI=1S/C14H16N2O3/c17-13(11-8-9-3-5-10(11)6-4-9)15-16-14(18)12-2-1-7-19-12/h1-3,5,7,9-11H,4,6,8H2,(H,15,17)(H,16,18)/t9-,10+,11-/m1/s1. The largest absolute Gasteiger partial charge is 0.459 e. The number of hydrogen-bond donors (Lipinski definition) is 2. The third-order valence-electron chi connectivity index (χ3n) is 3.96. The smallest absolute Gasteiger partial charge is 0.305 e. The van der Waals surface area contributed by atoms with Gasteiger partial charge in [0.25, 0.3) is 0 Å². The number of rotatable bonds is 2. The van der Waals surface area contributed by atoms with E-state index in [1.807, 2.05) is 0 Å². The van der Waals surface area contributed by atoms with Gasteiger partial charge in [-0.2, -0.15) is 0 Å². The van der Waals surface area contributed by atoms with Crippen molar-refractivity contribution in [3.63, 3.8) is 0 Å². The molecule has 2 N–H and O–H groups in total. The van der Waals surface area contributed by atoms with Gasteiger partial charge < -0.3 is 4.42 Å². The minimum absolute atomic E-state index is 0.0272. The Bertz CT molecular complexity index is 507. The second-order valence-corrected chi connectivity index (χ2v) is 5.15. The summed E-state index contributed by atoms with van der Waals surface area (Å²) in [7, 11) is 0. The lowest BCUT2D eigenvalue weighted by atomic mass is 9.69. The monoisotopic (exact) mass is 260 g/mol. The Labute approximate surface area is 111 Å². The Kier molecular flexibility index (Phi) is 3.11. The molecule has 4 rings (SSSR count). The van der Waals surface area contributed by atoms with Crippen molar-refractivity contribution < 1.29 is 14.0 Å². The first-order chi connectivity index (χ1) is 9.24. The SMILES string of the molecule is O=C(NNC(=O)[C@@H]1C[C@@H]2C=C[C@H]1CC2)c1ccco1. The van der Waals surface area contributed by atoms with Gasteiger partial charge in [0, 0.05) is 5.92 Å². The Morgan fingerprint density at radius 2 is 2.11 bits per heavy atom. The number of nitrogens with one attached hydrogen (secondary N) is 2. The van der Waals surface area contributed by atoms with Crippen molar-refractivity contribution in [3.8, 4) is 0 Å². The molecule has 2 amide bonds. The van der Waals surface area contributed by atoms with Gasteiger partial charge in [0.15, 0.2) is 5.76 Å². The molecule has 3 aliphatic rings. The van der Waals surface area contributed by atoms with Crippen LogP contribution in [0.3, 0.4) is 0 Å². The molecule has 0 aromatic carbocycles. The van der Waals surface area contributed by atoms with E-state index < -0.39 is 5.91 Å². The molecule has 19 heavy (non-hydrogen) atoms. The molecule has 0 unspecified atom stereocenters. The second kappa shape index (κ2) is 4.91. The predicted octanol–water partition coefficient (Wildman–Crippen LogP) is 1.64. The molecule has 100 valence electrons. The zero-order chi connectivity index (χ0) is 13.2. The lowest BCUT2D eigenvalue weighted by Gasteiger charge is -2.36. The first-order valence-corrected chi connectivity index (χ1v) is 6.56. The van der Waals surface area contributed by atoms with Gasteiger partial charge in [0.2, 0.25) is 5.91 Å². The van der Waals surface area contributed by atoms with Gasteiger partial charge in [-0.25, -0.2) is 0 Å². The second-order valence-electron chi connectivity index (χ2n) is 5.15. The molecule has 5 nitrogen and oxygen atoms in total. The van der Waals surface area contributed by atoms with Crippen molar-refractivity contribution >= 4 is 11.8 Å². The first-order valence-electron chi connectivity index (χ1n) is 6.56. The molecule has 0 saturated heterocycles. The molecule has 0 radical (unpaired) electrons. The van der Waals surface area contributed by atoms with Crippen LogP contribution in [0.2, 0.25) is 0 Å². The highest BCUT2D eigenvalue weighted by molar-refractivity contribution is 5.93. The molecular formula is C14H16N2O3. The van der Waals surface area contributed by atoms with Crippen molar-refractivity contribution in [3.05, 3.63) is 36.3 Å². The van der Waals surface area contributed by atoms with Gasteiger partial charge in [-0.3, -0.25) is 20.4 Å². The molecule has 3 aliphatic carbocycles. The van der Waals surface area contributed by atoms with Crippen LogP contribution in [0.1, 0.15) is 29.8 Å². The van der Waals surface area contributed by atoms with E-state index in [1.165, 1.54) is 12.7 Å². The molecule has 3 atom stereocenters. The van der Waals surface area contributed by atoms with E-state index in [0.717, 1.165) is 12.8 Å². The Balaban J connectivity index is 1.55. The van der Waals surface area contributed by atoms with Crippen LogP contribution in [-0.4, -0.2) is 11.8 Å². The summed E-state index contributed by atoms with van der Waals surface area (Å²) in [6, 6.07) is 3.18. The number of hydrogen-bond acceptors (Lipinski definition) is 3. The summed E-state index contributed by atoms with van der Waals surface area (Å²) >= 11 is 0. The molecule has 0 spiro atoms. The predicted molar refractivity (Wildman–Crippen MR) is 67.8 cm³/mol. The molecule has 1 aromatic heterocycles. The molecule has 1 fully saturated rings. The normalized spacial score (nSPS) is 28.1. The number of hydrazine groups is 1. The van der Waals surface area contributed by atoms with Gasteiger partial charge in [-0.1, -0.05) is 12.2 Å². The maximum Gasteiger partial charge on any atom is 0.305 e. The lowest BCUT2D eigenvalue weighted by Crippen LogP contribution is -2.47. The van der Waals surface area contributed by atoms with E-state index in [2.05, 4.69) is 23.0 Å². The van der Waals surface area contributed by atoms with E-state index in [0.29, 0.717) is 11.8 Å². The molecule has 0 aliphatic heterocycles. The number of carbonyl (C=O) groups is 2. The summed E-state index contributed by atoms with van der Waals surface area (Å²) in [5.41, 5.74) is 4.88. The summed E-state index contributed by atoms with van der Waals surface area (Å²) in [6.07, 6.45) is 8.87. The average Bonchev–Trinajstić information content (AvgIpc) is 3.00. The molecule has 2 bridgehead atoms. The van der Waals surface area contributed by atoms with Crippen LogP contribution < -0.4 is 10.9 Å². The molecule has 1 saturated carbocycles. The number of allylic oxidation sites excluding steroid dienone is 2. The fourth-order valence-electron chi connectivity index (χ4n) is 2.91.